The molecule has 3 aliphatic rings. The first kappa shape index (κ1) is 31.3. The fraction of sp³-hybridized carbons (Fsp3) is 0.441. The zero-order valence-electron chi connectivity index (χ0n) is 26.8. The van der Waals surface area contributed by atoms with Crippen LogP contribution >= 0.6 is 11.6 Å². The van der Waals surface area contributed by atoms with Gasteiger partial charge in [0.25, 0.3) is 0 Å². The second kappa shape index (κ2) is 13.1. The molecule has 2 saturated heterocycles. The summed E-state index contributed by atoms with van der Waals surface area (Å²) in [6, 6.07) is 13.1. The number of aromatic nitrogens is 3. The van der Waals surface area contributed by atoms with E-state index in [0.717, 1.165) is 61.3 Å². The zero-order chi connectivity index (χ0) is 32.7. The molecule has 4 aromatic rings. The van der Waals surface area contributed by atoms with Crippen LogP contribution in [0.5, 0.6) is 11.5 Å². The highest BCUT2D eigenvalue weighted by atomic mass is 35.5. The second-order valence-electron chi connectivity index (χ2n) is 12.6. The third-order valence-electron chi connectivity index (χ3n) is 9.38. The molecule has 47 heavy (non-hydrogen) atoms. The van der Waals surface area contributed by atoms with E-state index in [0.29, 0.717) is 53.7 Å². The van der Waals surface area contributed by atoms with Gasteiger partial charge in [-0.05, 0) is 61.6 Å². The van der Waals surface area contributed by atoms with Crippen LogP contribution in [0.25, 0.3) is 11.2 Å². The van der Waals surface area contributed by atoms with Gasteiger partial charge in [-0.15, -0.1) is 0 Å². The van der Waals surface area contributed by atoms with Gasteiger partial charge in [-0.1, -0.05) is 11.6 Å². The minimum atomic E-state index is -0.334. The number of nitrogens with one attached hydrogen (secondary N) is 1. The maximum atomic E-state index is 13.5. The van der Waals surface area contributed by atoms with E-state index in [4.69, 9.17) is 36.3 Å². The Labute approximate surface area is 278 Å². The normalized spacial score (nSPS) is 21.8. The van der Waals surface area contributed by atoms with Crippen molar-refractivity contribution in [1.29, 1.82) is 0 Å². The van der Waals surface area contributed by atoms with Gasteiger partial charge >= 0.3 is 6.03 Å². The number of nitrogens with two attached hydrogens (primary N) is 1. The van der Waals surface area contributed by atoms with Crippen molar-refractivity contribution in [3.05, 3.63) is 65.1 Å². The van der Waals surface area contributed by atoms with Crippen LogP contribution in [0.3, 0.4) is 0 Å². The van der Waals surface area contributed by atoms with Crippen molar-refractivity contribution in [2.75, 3.05) is 49.9 Å². The van der Waals surface area contributed by atoms with Crippen LogP contribution in [0.1, 0.15) is 36.8 Å². The number of methoxy groups -OCH3 is 2. The topological polar surface area (TPSA) is 129 Å². The number of pyridine rings is 1. The van der Waals surface area contributed by atoms with Crippen molar-refractivity contribution in [2.24, 2.45) is 0 Å². The van der Waals surface area contributed by atoms with E-state index in [1.54, 1.807) is 20.3 Å². The molecule has 4 heterocycles. The van der Waals surface area contributed by atoms with Gasteiger partial charge in [-0.3, -0.25) is 0 Å². The number of benzene rings is 2. The Morgan fingerprint density at radius 2 is 1.89 bits per heavy atom. The number of nitrogens with zero attached hydrogens (tertiary/aromatic N) is 5. The summed E-state index contributed by atoms with van der Waals surface area (Å²) in [6.45, 7) is 2.68. The Hall–Kier alpha value is -4.26. The summed E-state index contributed by atoms with van der Waals surface area (Å²) in [6.07, 6.45) is 5.85. The third kappa shape index (κ3) is 6.50. The SMILES string of the molecule is COc1ccc(CN(C)c2cc(Cl)nc3c2ncn3C(=O)N[C@@H]2CC[C@H]2OCc2cc(N)cc(N3CC4CCC(C3)O4)c2)c(OC)c1. The Morgan fingerprint density at radius 1 is 1.09 bits per heavy atom. The smallest absolute Gasteiger partial charge is 0.328 e. The molecule has 4 atom stereocenters. The molecule has 248 valence electrons. The van der Waals surface area contributed by atoms with E-state index < -0.39 is 0 Å². The molecule has 12 nitrogen and oxygen atoms in total. The number of hydrogen-bond acceptors (Lipinski definition) is 10. The number of ether oxygens (including phenoxy) is 4. The van der Waals surface area contributed by atoms with E-state index in [1.165, 1.54) is 10.9 Å². The number of rotatable bonds is 10. The molecule has 0 radical (unpaired) electrons. The summed E-state index contributed by atoms with van der Waals surface area (Å²) in [5, 5.41) is 3.37. The van der Waals surface area contributed by atoms with Gasteiger partial charge in [0.1, 0.15) is 28.5 Å². The molecule has 2 bridgehead atoms. The van der Waals surface area contributed by atoms with E-state index in [1.807, 2.05) is 42.3 Å². The Kier molecular flexibility index (Phi) is 8.73. The predicted molar refractivity (Wildman–Crippen MR) is 181 cm³/mol. The molecule has 1 amide bonds. The number of imidazole rings is 1. The van der Waals surface area contributed by atoms with Crippen LogP contribution in [-0.2, 0) is 22.6 Å². The molecular weight excluding hydrogens is 622 g/mol. The highest BCUT2D eigenvalue weighted by Crippen LogP contribution is 2.33. The summed E-state index contributed by atoms with van der Waals surface area (Å²) < 4.78 is 24.6. The van der Waals surface area contributed by atoms with E-state index in [-0.39, 0.29) is 23.3 Å². The van der Waals surface area contributed by atoms with Gasteiger partial charge in [-0.2, -0.15) is 0 Å². The summed E-state index contributed by atoms with van der Waals surface area (Å²) >= 11 is 6.47. The van der Waals surface area contributed by atoms with Crippen LogP contribution in [-0.4, -0.2) is 79.3 Å². The minimum Gasteiger partial charge on any atom is -0.497 e. The Balaban J connectivity index is 1.01. The quantitative estimate of drug-likeness (QED) is 0.177. The minimum absolute atomic E-state index is 0.115. The number of nitrogen functional groups attached to an aromatic ring is 1. The Morgan fingerprint density at radius 3 is 2.62 bits per heavy atom. The number of carbonyl (C=O) groups excluding carboxylic acids is 1. The summed E-state index contributed by atoms with van der Waals surface area (Å²) in [4.78, 5) is 26.9. The van der Waals surface area contributed by atoms with Gasteiger partial charge < -0.3 is 39.8 Å². The van der Waals surface area contributed by atoms with E-state index in [9.17, 15) is 4.79 Å². The zero-order valence-corrected chi connectivity index (χ0v) is 27.6. The van der Waals surface area contributed by atoms with Gasteiger partial charge in [-0.25, -0.2) is 19.3 Å². The number of anilines is 3. The van der Waals surface area contributed by atoms with Crippen molar-refractivity contribution in [1.82, 2.24) is 19.9 Å². The van der Waals surface area contributed by atoms with Crippen LogP contribution in [0, 0.1) is 0 Å². The van der Waals surface area contributed by atoms with Crippen molar-refractivity contribution < 1.29 is 23.7 Å². The molecular formula is C34H40ClN7O5. The van der Waals surface area contributed by atoms with Crippen molar-refractivity contribution in [3.63, 3.8) is 0 Å². The van der Waals surface area contributed by atoms with Crippen molar-refractivity contribution in [2.45, 2.75) is 63.2 Å². The first-order valence-electron chi connectivity index (χ1n) is 16.0. The van der Waals surface area contributed by atoms with Gasteiger partial charge in [0.05, 0.1) is 50.9 Å². The van der Waals surface area contributed by atoms with Crippen LogP contribution in [0.4, 0.5) is 21.9 Å². The lowest BCUT2D eigenvalue weighted by Gasteiger charge is -2.37. The third-order valence-corrected chi connectivity index (χ3v) is 9.57. The molecule has 1 aliphatic carbocycles. The van der Waals surface area contributed by atoms with Crippen molar-refractivity contribution >= 4 is 45.9 Å². The maximum absolute atomic E-state index is 13.5. The average Bonchev–Trinajstić information content (AvgIpc) is 3.64. The average molecular weight is 662 g/mol. The van der Waals surface area contributed by atoms with Gasteiger partial charge in [0.15, 0.2) is 5.65 Å². The Bertz CT molecular complexity index is 1770. The highest BCUT2D eigenvalue weighted by molar-refractivity contribution is 6.30. The number of fused-ring (bicyclic) bond motifs is 3. The number of morpholine rings is 1. The fourth-order valence-corrected chi connectivity index (χ4v) is 6.95. The van der Waals surface area contributed by atoms with E-state index >= 15 is 0 Å². The molecule has 3 fully saturated rings. The maximum Gasteiger partial charge on any atom is 0.328 e. The van der Waals surface area contributed by atoms with Crippen LogP contribution in [0.15, 0.2) is 48.8 Å². The van der Waals surface area contributed by atoms with Crippen LogP contribution < -0.4 is 30.3 Å². The lowest BCUT2D eigenvalue weighted by atomic mass is 9.89. The number of amides is 1. The molecule has 0 spiro atoms. The molecule has 3 N–H and O–H groups in total. The lowest BCUT2D eigenvalue weighted by molar-refractivity contribution is -0.0323. The second-order valence-corrected chi connectivity index (χ2v) is 12.9. The molecule has 13 heteroatoms. The number of carbonyl (C=O) groups is 1. The molecule has 2 aliphatic heterocycles. The number of hydrogen-bond donors (Lipinski definition) is 2. The largest absolute Gasteiger partial charge is 0.497 e. The summed E-state index contributed by atoms with van der Waals surface area (Å²) in [7, 11) is 5.17. The van der Waals surface area contributed by atoms with Gasteiger partial charge in [0.2, 0.25) is 0 Å². The lowest BCUT2D eigenvalue weighted by Crippen LogP contribution is -2.52. The molecule has 1 saturated carbocycles. The fourth-order valence-electron chi connectivity index (χ4n) is 6.76. The standard InChI is InChI=1S/C34H40ClN7O5/c1-40(15-21-4-5-24(44-2)13-30(21)45-3)28-14-31(35)39-33-32(28)37-19-42(33)34(43)38-27-8-9-29(27)46-18-20-10-22(36)12-23(11-20)41-16-25-6-7-26(17-41)47-25/h4-5,10-14,19,25-27,29H,6-9,15-18,36H2,1-3H3,(H,38,43)/t25?,26?,27-,29-/m1/s1. The van der Waals surface area contributed by atoms with Crippen LogP contribution in [0.2, 0.25) is 5.15 Å². The highest BCUT2D eigenvalue weighted by Gasteiger charge is 2.35. The molecule has 2 aromatic heterocycles. The monoisotopic (exact) mass is 661 g/mol. The van der Waals surface area contributed by atoms with Crippen molar-refractivity contribution in [3.8, 4) is 11.5 Å². The summed E-state index contributed by atoms with van der Waals surface area (Å²) in [5.41, 5.74) is 11.7. The number of halogens is 1. The molecule has 2 unspecified atom stereocenters. The molecule has 7 rings (SSSR count). The predicted octanol–water partition coefficient (Wildman–Crippen LogP) is 4.99. The van der Waals surface area contributed by atoms with Gasteiger partial charge in [0, 0.05) is 55.8 Å². The first-order valence-corrected chi connectivity index (χ1v) is 16.3. The molecule has 2 aromatic carbocycles. The van der Waals surface area contributed by atoms with E-state index in [2.05, 4.69) is 26.3 Å². The summed E-state index contributed by atoms with van der Waals surface area (Å²) in [5.74, 6) is 1.41. The first-order chi connectivity index (χ1) is 22.8.